The second-order valence-electron chi connectivity index (χ2n) is 5.74. The summed E-state index contributed by atoms with van der Waals surface area (Å²) in [5.41, 5.74) is 6.27. The maximum atomic E-state index is 5.96. The van der Waals surface area contributed by atoms with Gasteiger partial charge in [0.05, 0.1) is 11.4 Å². The molecule has 3 aromatic carbocycles. The lowest BCUT2D eigenvalue weighted by atomic mass is 10.0. The van der Waals surface area contributed by atoms with Crippen LogP contribution < -0.4 is 0 Å². The number of halogens is 1. The van der Waals surface area contributed by atoms with Gasteiger partial charge in [0.15, 0.2) is 0 Å². The molecule has 0 N–H and O–H groups in total. The van der Waals surface area contributed by atoms with E-state index in [1.807, 2.05) is 48.5 Å². The van der Waals surface area contributed by atoms with Crippen LogP contribution in [0, 0.1) is 0 Å². The van der Waals surface area contributed by atoms with Crippen LogP contribution in [0.4, 0.5) is 0 Å². The third-order valence-corrected chi connectivity index (χ3v) is 4.35. The molecule has 0 radical (unpaired) electrons. The van der Waals surface area contributed by atoms with Crippen LogP contribution in [0.5, 0.6) is 0 Å². The maximum absolute atomic E-state index is 5.96. The smallest absolute Gasteiger partial charge is 0.116 e. The molecule has 0 fully saturated rings. The summed E-state index contributed by atoms with van der Waals surface area (Å²) in [6.07, 6.45) is 1.60. The van der Waals surface area contributed by atoms with Gasteiger partial charge in [-0.15, -0.1) is 0 Å². The fourth-order valence-corrected chi connectivity index (χ4v) is 2.88. The average Bonchev–Trinajstić information content (AvgIpc) is 2.69. The van der Waals surface area contributed by atoms with Crippen LogP contribution in [-0.2, 0) is 0 Å². The number of benzene rings is 3. The predicted octanol–water partition coefficient (Wildman–Crippen LogP) is 6.13. The monoisotopic (exact) mass is 342 g/mol. The van der Waals surface area contributed by atoms with E-state index in [-0.39, 0.29) is 0 Å². The van der Waals surface area contributed by atoms with Crippen molar-refractivity contribution in [2.75, 3.05) is 0 Å². The highest BCUT2D eigenvalue weighted by Gasteiger charge is 2.05. The van der Waals surface area contributed by atoms with Crippen LogP contribution in [0.1, 0.15) is 0 Å². The van der Waals surface area contributed by atoms with E-state index in [9.17, 15) is 0 Å². The largest absolute Gasteiger partial charge is 0.236 e. The van der Waals surface area contributed by atoms with Crippen LogP contribution in [-0.4, -0.2) is 9.97 Å². The number of hydrogen-bond acceptors (Lipinski definition) is 2. The standard InChI is InChI=1S/C22H15ClN2/c23-20-12-10-19(11-13-20)22-14-21(24-15-25-22)18-8-6-17(7-9-18)16-4-2-1-3-5-16/h1-15H. The quantitative estimate of drug-likeness (QED) is 0.447. The molecular formula is C22H15ClN2. The van der Waals surface area contributed by atoms with Crippen molar-refractivity contribution >= 4 is 11.6 Å². The van der Waals surface area contributed by atoms with E-state index < -0.39 is 0 Å². The zero-order valence-corrected chi connectivity index (χ0v) is 14.2. The first-order valence-electron chi connectivity index (χ1n) is 8.03. The first kappa shape index (κ1) is 15.6. The van der Waals surface area contributed by atoms with E-state index in [1.165, 1.54) is 11.1 Å². The molecule has 0 bridgehead atoms. The first-order chi connectivity index (χ1) is 12.3. The third-order valence-electron chi connectivity index (χ3n) is 4.09. The molecule has 0 saturated carbocycles. The Morgan fingerprint density at radius 1 is 0.520 bits per heavy atom. The predicted molar refractivity (Wildman–Crippen MR) is 103 cm³/mol. The molecule has 120 valence electrons. The van der Waals surface area contributed by atoms with Crippen molar-refractivity contribution in [3.63, 3.8) is 0 Å². The van der Waals surface area contributed by atoms with Crippen LogP contribution in [0.15, 0.2) is 91.3 Å². The van der Waals surface area contributed by atoms with E-state index in [2.05, 4.69) is 46.4 Å². The number of hydrogen-bond donors (Lipinski definition) is 0. The normalized spacial score (nSPS) is 10.6. The second kappa shape index (κ2) is 6.88. The van der Waals surface area contributed by atoms with Crippen molar-refractivity contribution < 1.29 is 0 Å². The van der Waals surface area contributed by atoms with Crippen molar-refractivity contribution in [2.24, 2.45) is 0 Å². The highest BCUT2D eigenvalue weighted by atomic mass is 35.5. The van der Waals surface area contributed by atoms with Gasteiger partial charge in [-0.3, -0.25) is 0 Å². The lowest BCUT2D eigenvalue weighted by molar-refractivity contribution is 1.18. The Bertz CT molecular complexity index is 978. The van der Waals surface area contributed by atoms with E-state index in [0.29, 0.717) is 0 Å². The summed E-state index contributed by atoms with van der Waals surface area (Å²) < 4.78 is 0. The molecule has 0 amide bonds. The Morgan fingerprint density at radius 3 is 1.60 bits per heavy atom. The van der Waals surface area contributed by atoms with Crippen LogP contribution in [0.2, 0.25) is 5.02 Å². The minimum Gasteiger partial charge on any atom is -0.236 e. The highest BCUT2D eigenvalue weighted by molar-refractivity contribution is 6.30. The van der Waals surface area contributed by atoms with Gasteiger partial charge in [-0.2, -0.15) is 0 Å². The molecule has 0 spiro atoms. The molecule has 2 nitrogen and oxygen atoms in total. The molecule has 4 aromatic rings. The van der Waals surface area contributed by atoms with E-state index >= 15 is 0 Å². The number of aromatic nitrogens is 2. The Hall–Kier alpha value is -2.97. The van der Waals surface area contributed by atoms with Crippen LogP contribution >= 0.6 is 11.6 Å². The van der Waals surface area contributed by atoms with Gasteiger partial charge in [-0.1, -0.05) is 78.3 Å². The van der Waals surface area contributed by atoms with Gasteiger partial charge < -0.3 is 0 Å². The Balaban J connectivity index is 1.66. The molecular weight excluding hydrogens is 328 g/mol. The van der Waals surface area contributed by atoms with Gasteiger partial charge in [0.25, 0.3) is 0 Å². The summed E-state index contributed by atoms with van der Waals surface area (Å²) in [5.74, 6) is 0. The Kier molecular flexibility index (Phi) is 4.28. The topological polar surface area (TPSA) is 25.8 Å². The van der Waals surface area contributed by atoms with Crippen molar-refractivity contribution in [3.8, 4) is 33.6 Å². The molecule has 0 saturated heterocycles. The molecule has 1 heterocycles. The highest BCUT2D eigenvalue weighted by Crippen LogP contribution is 2.26. The lowest BCUT2D eigenvalue weighted by Gasteiger charge is -2.06. The van der Waals surface area contributed by atoms with Gasteiger partial charge in [0.2, 0.25) is 0 Å². The van der Waals surface area contributed by atoms with Crippen LogP contribution in [0.3, 0.4) is 0 Å². The number of nitrogens with zero attached hydrogens (tertiary/aromatic N) is 2. The zero-order chi connectivity index (χ0) is 17.1. The zero-order valence-electron chi connectivity index (χ0n) is 13.4. The molecule has 25 heavy (non-hydrogen) atoms. The van der Waals surface area contributed by atoms with Gasteiger partial charge >= 0.3 is 0 Å². The van der Waals surface area contributed by atoms with E-state index in [0.717, 1.165) is 27.5 Å². The van der Waals surface area contributed by atoms with Crippen molar-refractivity contribution in [2.45, 2.75) is 0 Å². The molecule has 4 rings (SSSR count). The average molecular weight is 343 g/mol. The summed E-state index contributed by atoms with van der Waals surface area (Å²) in [6, 6.07) is 28.4. The summed E-state index contributed by atoms with van der Waals surface area (Å²) in [5, 5.41) is 0.717. The summed E-state index contributed by atoms with van der Waals surface area (Å²) in [6.45, 7) is 0. The summed E-state index contributed by atoms with van der Waals surface area (Å²) >= 11 is 5.96. The molecule has 3 heteroatoms. The van der Waals surface area contributed by atoms with E-state index in [1.54, 1.807) is 6.33 Å². The van der Waals surface area contributed by atoms with Gasteiger partial charge in [-0.25, -0.2) is 9.97 Å². The fourth-order valence-electron chi connectivity index (χ4n) is 2.76. The molecule has 0 unspecified atom stereocenters. The first-order valence-corrected chi connectivity index (χ1v) is 8.41. The summed E-state index contributed by atoms with van der Waals surface area (Å²) in [7, 11) is 0. The van der Waals surface area contributed by atoms with Crippen molar-refractivity contribution in [1.29, 1.82) is 0 Å². The Labute approximate surface area is 151 Å². The fraction of sp³-hybridized carbons (Fsp3) is 0. The minimum absolute atomic E-state index is 0.717. The van der Waals surface area contributed by atoms with E-state index in [4.69, 9.17) is 11.6 Å². The molecule has 0 aliphatic heterocycles. The van der Waals surface area contributed by atoms with Crippen molar-refractivity contribution in [1.82, 2.24) is 9.97 Å². The maximum Gasteiger partial charge on any atom is 0.116 e. The van der Waals surface area contributed by atoms with Crippen molar-refractivity contribution in [3.05, 3.63) is 96.3 Å². The summed E-state index contributed by atoms with van der Waals surface area (Å²) in [4.78, 5) is 8.79. The minimum atomic E-state index is 0.717. The SMILES string of the molecule is Clc1ccc(-c2cc(-c3ccc(-c4ccccc4)cc3)ncn2)cc1. The van der Waals surface area contributed by atoms with Gasteiger partial charge in [0, 0.05) is 16.1 Å². The number of rotatable bonds is 3. The molecule has 0 atom stereocenters. The molecule has 1 aromatic heterocycles. The molecule has 0 aliphatic rings. The molecule has 0 aliphatic carbocycles. The van der Waals surface area contributed by atoms with Crippen LogP contribution in [0.25, 0.3) is 33.6 Å². The van der Waals surface area contributed by atoms with Gasteiger partial charge in [-0.05, 0) is 29.3 Å². The third kappa shape index (κ3) is 3.44. The lowest BCUT2D eigenvalue weighted by Crippen LogP contribution is -1.89. The van der Waals surface area contributed by atoms with Gasteiger partial charge in [0.1, 0.15) is 6.33 Å². The Morgan fingerprint density at radius 2 is 1.00 bits per heavy atom. The second-order valence-corrected chi connectivity index (χ2v) is 6.18.